The predicted octanol–water partition coefficient (Wildman–Crippen LogP) is 5.78. The minimum atomic E-state index is -0.397. The first-order valence-electron chi connectivity index (χ1n) is 9.93. The van der Waals surface area contributed by atoms with E-state index in [1.54, 1.807) is 0 Å². The molecule has 0 bridgehead atoms. The van der Waals surface area contributed by atoms with Crippen LogP contribution in [0, 0.1) is 11.3 Å². The molecule has 0 aromatic heterocycles. The standard InChI is InChI=1S/C24H29N3O/c1-5-17(4)21-13-8-9-14-22(21)26-16-20(15-25)24(28)27-23-18(6-2)11-10-12-19(23)7-3/h8-14,16-17,26H,5-7H2,1-4H3,(H,27,28)/b20-16-. The molecule has 0 saturated carbocycles. The number of para-hydroxylation sites is 2. The monoisotopic (exact) mass is 375 g/mol. The van der Waals surface area contributed by atoms with Crippen molar-refractivity contribution in [3.63, 3.8) is 0 Å². The molecule has 1 unspecified atom stereocenters. The molecule has 0 heterocycles. The van der Waals surface area contributed by atoms with Gasteiger partial charge < -0.3 is 10.6 Å². The van der Waals surface area contributed by atoms with Crippen LogP contribution in [0.1, 0.15) is 56.7 Å². The Balaban J connectivity index is 2.25. The highest BCUT2D eigenvalue weighted by Gasteiger charge is 2.14. The van der Waals surface area contributed by atoms with Crippen LogP contribution in [-0.2, 0) is 17.6 Å². The number of hydrogen-bond donors (Lipinski definition) is 2. The summed E-state index contributed by atoms with van der Waals surface area (Å²) in [5.41, 5.74) is 5.09. The molecule has 0 aliphatic carbocycles. The zero-order chi connectivity index (χ0) is 20.5. The Morgan fingerprint density at radius 3 is 2.29 bits per heavy atom. The minimum Gasteiger partial charge on any atom is -0.360 e. The highest BCUT2D eigenvalue weighted by molar-refractivity contribution is 6.07. The lowest BCUT2D eigenvalue weighted by molar-refractivity contribution is -0.112. The van der Waals surface area contributed by atoms with Crippen LogP contribution in [0.5, 0.6) is 0 Å². The van der Waals surface area contributed by atoms with Crippen molar-refractivity contribution in [3.8, 4) is 6.07 Å². The summed E-state index contributed by atoms with van der Waals surface area (Å²) in [5, 5.41) is 15.6. The van der Waals surface area contributed by atoms with E-state index in [1.165, 1.54) is 11.8 Å². The summed E-state index contributed by atoms with van der Waals surface area (Å²) in [6.07, 6.45) is 4.14. The third-order valence-electron chi connectivity index (χ3n) is 5.08. The number of carbonyl (C=O) groups is 1. The normalized spacial score (nSPS) is 12.2. The number of anilines is 2. The highest BCUT2D eigenvalue weighted by Crippen LogP contribution is 2.27. The van der Waals surface area contributed by atoms with E-state index >= 15 is 0 Å². The molecule has 0 aliphatic heterocycles. The van der Waals surface area contributed by atoms with Crippen molar-refractivity contribution in [3.05, 3.63) is 70.9 Å². The zero-order valence-corrected chi connectivity index (χ0v) is 17.2. The molecule has 2 N–H and O–H groups in total. The topological polar surface area (TPSA) is 64.9 Å². The second kappa shape index (κ2) is 10.3. The third-order valence-corrected chi connectivity index (χ3v) is 5.08. The molecule has 0 aliphatic rings. The van der Waals surface area contributed by atoms with Gasteiger partial charge in [0.05, 0.1) is 0 Å². The van der Waals surface area contributed by atoms with Crippen molar-refractivity contribution in [2.75, 3.05) is 10.6 Å². The number of rotatable bonds is 8. The number of amides is 1. The van der Waals surface area contributed by atoms with Crippen LogP contribution in [0.25, 0.3) is 0 Å². The van der Waals surface area contributed by atoms with Crippen LogP contribution in [0.3, 0.4) is 0 Å². The Kier molecular flexibility index (Phi) is 7.83. The Hall–Kier alpha value is -3.06. The summed E-state index contributed by atoms with van der Waals surface area (Å²) in [5.74, 6) is -0.00775. The van der Waals surface area contributed by atoms with Gasteiger partial charge >= 0.3 is 0 Å². The summed E-state index contributed by atoms with van der Waals surface area (Å²) >= 11 is 0. The van der Waals surface area contributed by atoms with Crippen LogP contribution >= 0.6 is 0 Å². The van der Waals surface area contributed by atoms with E-state index in [2.05, 4.69) is 44.4 Å². The number of nitrogens with one attached hydrogen (secondary N) is 2. The quantitative estimate of drug-likeness (QED) is 0.454. The summed E-state index contributed by atoms with van der Waals surface area (Å²) in [6.45, 7) is 8.41. The fraction of sp³-hybridized carbons (Fsp3) is 0.333. The van der Waals surface area contributed by atoms with Crippen LogP contribution in [-0.4, -0.2) is 5.91 Å². The maximum Gasteiger partial charge on any atom is 0.267 e. The highest BCUT2D eigenvalue weighted by atomic mass is 16.1. The van der Waals surface area contributed by atoms with Gasteiger partial charge in [-0.05, 0) is 47.9 Å². The first-order chi connectivity index (χ1) is 13.5. The lowest BCUT2D eigenvalue weighted by Gasteiger charge is -2.15. The van der Waals surface area contributed by atoms with Crippen LogP contribution in [0.4, 0.5) is 11.4 Å². The Morgan fingerprint density at radius 2 is 1.71 bits per heavy atom. The number of nitriles is 1. The van der Waals surface area contributed by atoms with E-state index in [-0.39, 0.29) is 5.57 Å². The van der Waals surface area contributed by atoms with Gasteiger partial charge in [-0.2, -0.15) is 5.26 Å². The third kappa shape index (κ3) is 5.01. The van der Waals surface area contributed by atoms with Crippen molar-refractivity contribution in [1.82, 2.24) is 0 Å². The Labute approximate surface area is 168 Å². The fourth-order valence-electron chi connectivity index (χ4n) is 3.16. The zero-order valence-electron chi connectivity index (χ0n) is 17.2. The van der Waals surface area contributed by atoms with E-state index in [0.717, 1.165) is 41.8 Å². The number of hydrogen-bond acceptors (Lipinski definition) is 3. The van der Waals surface area contributed by atoms with Crippen LogP contribution < -0.4 is 10.6 Å². The molecule has 4 heteroatoms. The number of aryl methyl sites for hydroxylation is 2. The van der Waals surface area contributed by atoms with Gasteiger partial charge in [0, 0.05) is 17.6 Å². The van der Waals surface area contributed by atoms with Crippen molar-refractivity contribution in [2.24, 2.45) is 0 Å². The molecule has 1 amide bonds. The van der Waals surface area contributed by atoms with E-state index in [9.17, 15) is 10.1 Å². The van der Waals surface area contributed by atoms with E-state index in [0.29, 0.717) is 5.92 Å². The Morgan fingerprint density at radius 1 is 1.07 bits per heavy atom. The lowest BCUT2D eigenvalue weighted by atomic mass is 9.97. The first-order valence-corrected chi connectivity index (χ1v) is 9.93. The molecule has 0 radical (unpaired) electrons. The van der Waals surface area contributed by atoms with Gasteiger partial charge in [0.2, 0.25) is 0 Å². The number of nitrogens with zero attached hydrogens (tertiary/aromatic N) is 1. The second-order valence-electron chi connectivity index (χ2n) is 6.82. The van der Waals surface area contributed by atoms with Crippen molar-refractivity contribution in [1.29, 1.82) is 5.26 Å². The largest absolute Gasteiger partial charge is 0.360 e. The SMILES string of the molecule is CCc1cccc(CC)c1NC(=O)/C(C#N)=C\Nc1ccccc1C(C)CC. The summed E-state index contributed by atoms with van der Waals surface area (Å²) in [6, 6.07) is 16.0. The van der Waals surface area contributed by atoms with Crippen LogP contribution in [0.15, 0.2) is 54.2 Å². The van der Waals surface area contributed by atoms with Gasteiger partial charge in [-0.15, -0.1) is 0 Å². The fourth-order valence-corrected chi connectivity index (χ4v) is 3.16. The summed E-state index contributed by atoms with van der Waals surface area (Å²) in [4.78, 5) is 12.7. The number of benzene rings is 2. The molecule has 4 nitrogen and oxygen atoms in total. The maximum atomic E-state index is 12.7. The van der Waals surface area contributed by atoms with Gasteiger partial charge in [0.15, 0.2) is 0 Å². The van der Waals surface area contributed by atoms with Gasteiger partial charge in [0.1, 0.15) is 11.6 Å². The van der Waals surface area contributed by atoms with E-state index in [4.69, 9.17) is 0 Å². The average molecular weight is 376 g/mol. The smallest absolute Gasteiger partial charge is 0.267 e. The van der Waals surface area contributed by atoms with E-state index in [1.807, 2.05) is 42.5 Å². The van der Waals surface area contributed by atoms with E-state index < -0.39 is 5.91 Å². The average Bonchev–Trinajstić information content (AvgIpc) is 2.74. The molecule has 2 aromatic rings. The van der Waals surface area contributed by atoms with Crippen molar-refractivity contribution >= 4 is 17.3 Å². The van der Waals surface area contributed by atoms with Crippen LogP contribution in [0.2, 0.25) is 0 Å². The number of carbonyl (C=O) groups excluding carboxylic acids is 1. The second-order valence-corrected chi connectivity index (χ2v) is 6.82. The summed E-state index contributed by atoms with van der Waals surface area (Å²) in [7, 11) is 0. The van der Waals surface area contributed by atoms with Gasteiger partial charge in [-0.3, -0.25) is 4.79 Å². The van der Waals surface area contributed by atoms with Crippen molar-refractivity contribution < 1.29 is 4.79 Å². The Bertz CT molecular complexity index is 871. The predicted molar refractivity (Wildman–Crippen MR) is 116 cm³/mol. The molecule has 2 rings (SSSR count). The molecular formula is C24H29N3O. The lowest BCUT2D eigenvalue weighted by Crippen LogP contribution is -2.17. The maximum absolute atomic E-state index is 12.7. The first kappa shape index (κ1) is 21.2. The molecular weight excluding hydrogens is 346 g/mol. The minimum absolute atomic E-state index is 0.0481. The molecule has 2 aromatic carbocycles. The van der Waals surface area contributed by atoms with Gasteiger partial charge in [0.25, 0.3) is 5.91 Å². The summed E-state index contributed by atoms with van der Waals surface area (Å²) < 4.78 is 0. The molecule has 0 spiro atoms. The molecule has 28 heavy (non-hydrogen) atoms. The van der Waals surface area contributed by atoms with Crippen molar-refractivity contribution in [2.45, 2.75) is 52.9 Å². The molecule has 1 atom stereocenters. The molecule has 146 valence electrons. The van der Waals surface area contributed by atoms with Gasteiger partial charge in [-0.1, -0.05) is 64.1 Å². The van der Waals surface area contributed by atoms with Gasteiger partial charge in [-0.25, -0.2) is 0 Å². The molecule has 0 saturated heterocycles. The molecule has 0 fully saturated rings.